The topological polar surface area (TPSA) is 54.1 Å². The van der Waals surface area contributed by atoms with Crippen molar-refractivity contribution in [1.82, 2.24) is 4.98 Å². The lowest BCUT2D eigenvalue weighted by atomic mass is 10.1. The van der Waals surface area contributed by atoms with Gasteiger partial charge in [-0.15, -0.1) is 0 Å². The first-order valence-corrected chi connectivity index (χ1v) is 8.26. The van der Waals surface area contributed by atoms with Gasteiger partial charge < -0.3 is 15.0 Å². The molecule has 22 heavy (non-hydrogen) atoms. The summed E-state index contributed by atoms with van der Waals surface area (Å²) in [6.45, 7) is 0. The van der Waals surface area contributed by atoms with E-state index in [2.05, 4.69) is 26.2 Å². The molecule has 0 bridgehead atoms. The number of fused-ring (bicyclic) bond motifs is 4. The van der Waals surface area contributed by atoms with Crippen molar-refractivity contribution in [3.8, 4) is 5.75 Å². The Hall–Kier alpha value is -1.92. The van der Waals surface area contributed by atoms with E-state index in [1.807, 2.05) is 36.4 Å². The summed E-state index contributed by atoms with van der Waals surface area (Å²) in [5.41, 5.74) is 2.42. The molecule has 0 spiro atoms. The van der Waals surface area contributed by atoms with Crippen molar-refractivity contribution in [3.05, 3.63) is 51.2 Å². The van der Waals surface area contributed by atoms with Gasteiger partial charge in [-0.2, -0.15) is 0 Å². The van der Waals surface area contributed by atoms with Crippen LogP contribution in [-0.2, 0) is 0 Å². The van der Waals surface area contributed by atoms with Gasteiger partial charge in [0.25, 0.3) is 5.56 Å². The molecule has 2 N–H and O–H groups in total. The molecule has 6 heteroatoms. The van der Waals surface area contributed by atoms with Gasteiger partial charge in [-0.05, 0) is 24.3 Å². The number of pyridine rings is 1. The molecule has 0 saturated carbocycles. The standard InChI is InChI=1S/C16H11BrN2O2S/c1-21-11-4-2-3-9-13(11)19-16(20)15-14(9)18-10-6-5-8(17)7-12(10)22-15/h2-7,18H,1H3,(H,19,20). The number of benzene rings is 2. The summed E-state index contributed by atoms with van der Waals surface area (Å²) < 4.78 is 6.34. The Labute approximate surface area is 139 Å². The summed E-state index contributed by atoms with van der Waals surface area (Å²) in [5.74, 6) is 0.658. The largest absolute Gasteiger partial charge is 0.495 e. The highest BCUT2D eigenvalue weighted by molar-refractivity contribution is 9.10. The number of aromatic nitrogens is 1. The zero-order valence-electron chi connectivity index (χ0n) is 11.6. The molecular weight excluding hydrogens is 364 g/mol. The van der Waals surface area contributed by atoms with Crippen molar-refractivity contribution < 1.29 is 4.74 Å². The molecule has 0 radical (unpaired) electrons. The van der Waals surface area contributed by atoms with Gasteiger partial charge in [0.05, 0.1) is 24.0 Å². The lowest BCUT2D eigenvalue weighted by Crippen LogP contribution is -2.14. The van der Waals surface area contributed by atoms with Crippen LogP contribution in [-0.4, -0.2) is 12.1 Å². The number of methoxy groups -OCH3 is 1. The molecule has 2 aromatic carbocycles. The quantitative estimate of drug-likeness (QED) is 0.514. The van der Waals surface area contributed by atoms with E-state index in [0.717, 1.165) is 26.1 Å². The fraction of sp³-hybridized carbons (Fsp3) is 0.0625. The van der Waals surface area contributed by atoms with Crippen LogP contribution < -0.4 is 15.6 Å². The third-order valence-corrected chi connectivity index (χ3v) is 5.25. The number of ether oxygens (including phenoxy) is 1. The van der Waals surface area contributed by atoms with Crippen molar-refractivity contribution in [2.45, 2.75) is 9.79 Å². The number of aromatic amines is 1. The highest BCUT2D eigenvalue weighted by Gasteiger charge is 2.22. The summed E-state index contributed by atoms with van der Waals surface area (Å²) in [7, 11) is 1.60. The van der Waals surface area contributed by atoms with Crippen molar-refractivity contribution in [3.63, 3.8) is 0 Å². The van der Waals surface area contributed by atoms with E-state index in [1.54, 1.807) is 7.11 Å². The molecule has 0 saturated heterocycles. The second-order valence-electron chi connectivity index (χ2n) is 4.91. The Morgan fingerprint density at radius 1 is 1.23 bits per heavy atom. The second kappa shape index (κ2) is 5.07. The van der Waals surface area contributed by atoms with Crippen molar-refractivity contribution >= 4 is 50.0 Å². The number of rotatable bonds is 1. The van der Waals surface area contributed by atoms with Crippen LogP contribution in [0.15, 0.2) is 55.5 Å². The van der Waals surface area contributed by atoms with Crippen molar-refractivity contribution in [2.75, 3.05) is 12.4 Å². The summed E-state index contributed by atoms with van der Waals surface area (Å²) in [6.07, 6.45) is 0. The maximum absolute atomic E-state index is 12.5. The van der Waals surface area contributed by atoms with Crippen LogP contribution in [0.3, 0.4) is 0 Å². The van der Waals surface area contributed by atoms with Crippen LogP contribution in [0.2, 0.25) is 0 Å². The van der Waals surface area contributed by atoms with Crippen LogP contribution in [0, 0.1) is 0 Å². The predicted molar refractivity (Wildman–Crippen MR) is 92.7 cm³/mol. The van der Waals surface area contributed by atoms with E-state index in [0.29, 0.717) is 16.2 Å². The Bertz CT molecular complexity index is 968. The fourth-order valence-electron chi connectivity index (χ4n) is 2.59. The minimum absolute atomic E-state index is 0.116. The Balaban J connectivity index is 2.01. The van der Waals surface area contributed by atoms with Gasteiger partial charge in [-0.3, -0.25) is 4.79 Å². The molecule has 4 nitrogen and oxygen atoms in total. The fourth-order valence-corrected chi connectivity index (χ4v) is 4.15. The molecule has 0 amide bonds. The zero-order chi connectivity index (χ0) is 15.3. The first-order chi connectivity index (χ1) is 10.7. The van der Waals surface area contributed by atoms with Crippen LogP contribution in [0.25, 0.3) is 10.9 Å². The number of anilines is 2. The highest BCUT2D eigenvalue weighted by atomic mass is 79.9. The van der Waals surface area contributed by atoms with Crippen LogP contribution >= 0.6 is 27.7 Å². The van der Waals surface area contributed by atoms with Gasteiger partial charge in [0.2, 0.25) is 0 Å². The molecule has 0 aliphatic carbocycles. The van der Waals surface area contributed by atoms with E-state index in [9.17, 15) is 4.79 Å². The number of hydrogen-bond donors (Lipinski definition) is 2. The minimum atomic E-state index is -0.116. The Kier molecular flexibility index (Phi) is 3.16. The number of H-pyrrole nitrogens is 1. The van der Waals surface area contributed by atoms with Gasteiger partial charge in [0, 0.05) is 14.8 Å². The van der Waals surface area contributed by atoms with Crippen molar-refractivity contribution in [1.29, 1.82) is 0 Å². The maximum atomic E-state index is 12.5. The Morgan fingerprint density at radius 3 is 2.91 bits per heavy atom. The van der Waals surface area contributed by atoms with E-state index in [4.69, 9.17) is 4.74 Å². The van der Waals surface area contributed by atoms with Crippen LogP contribution in [0.1, 0.15) is 0 Å². The smallest absolute Gasteiger partial charge is 0.264 e. The average Bonchev–Trinajstić information content (AvgIpc) is 2.53. The lowest BCUT2D eigenvalue weighted by molar-refractivity contribution is 0.419. The normalized spacial score (nSPS) is 12.5. The third-order valence-electron chi connectivity index (χ3n) is 3.60. The van der Waals surface area contributed by atoms with E-state index in [1.165, 1.54) is 11.8 Å². The molecule has 3 aromatic rings. The first kappa shape index (κ1) is 13.7. The van der Waals surface area contributed by atoms with Gasteiger partial charge >= 0.3 is 0 Å². The summed E-state index contributed by atoms with van der Waals surface area (Å²) in [6, 6.07) is 11.7. The molecule has 110 valence electrons. The minimum Gasteiger partial charge on any atom is -0.495 e. The zero-order valence-corrected chi connectivity index (χ0v) is 14.0. The number of nitrogens with one attached hydrogen (secondary N) is 2. The van der Waals surface area contributed by atoms with Crippen molar-refractivity contribution in [2.24, 2.45) is 0 Å². The molecule has 1 aromatic heterocycles. The van der Waals surface area contributed by atoms with Gasteiger partial charge in [0.15, 0.2) is 0 Å². The summed E-state index contributed by atoms with van der Waals surface area (Å²) >= 11 is 4.94. The highest BCUT2D eigenvalue weighted by Crippen LogP contribution is 2.46. The lowest BCUT2D eigenvalue weighted by Gasteiger charge is -2.22. The summed E-state index contributed by atoms with van der Waals surface area (Å²) in [5, 5.41) is 4.33. The molecule has 0 fully saturated rings. The first-order valence-electron chi connectivity index (χ1n) is 6.65. The molecular formula is C16H11BrN2O2S. The number of para-hydroxylation sites is 1. The van der Waals surface area contributed by atoms with Crippen LogP contribution in [0.5, 0.6) is 5.75 Å². The predicted octanol–water partition coefficient (Wildman–Crippen LogP) is 4.51. The van der Waals surface area contributed by atoms with Gasteiger partial charge in [0.1, 0.15) is 10.6 Å². The molecule has 2 heterocycles. The monoisotopic (exact) mass is 374 g/mol. The van der Waals surface area contributed by atoms with E-state index >= 15 is 0 Å². The van der Waals surface area contributed by atoms with Gasteiger partial charge in [-0.1, -0.05) is 39.8 Å². The molecule has 0 atom stereocenters. The number of halogens is 1. The van der Waals surface area contributed by atoms with E-state index < -0.39 is 0 Å². The van der Waals surface area contributed by atoms with Gasteiger partial charge in [-0.25, -0.2) is 0 Å². The third kappa shape index (κ3) is 2.02. The molecule has 0 unspecified atom stereocenters. The number of hydrogen-bond acceptors (Lipinski definition) is 4. The molecule has 4 rings (SSSR count). The average molecular weight is 375 g/mol. The van der Waals surface area contributed by atoms with Crippen LogP contribution in [0.4, 0.5) is 11.4 Å². The Morgan fingerprint density at radius 2 is 2.09 bits per heavy atom. The van der Waals surface area contributed by atoms with E-state index in [-0.39, 0.29) is 5.56 Å². The SMILES string of the molecule is COc1cccc2c3c(c(=O)[nH]c12)Sc1cc(Br)ccc1N3. The maximum Gasteiger partial charge on any atom is 0.264 e. The molecule has 1 aliphatic rings. The summed E-state index contributed by atoms with van der Waals surface area (Å²) in [4.78, 5) is 17.1. The second-order valence-corrected chi connectivity index (χ2v) is 6.88. The molecule has 1 aliphatic heterocycles.